The zero-order valence-electron chi connectivity index (χ0n) is 17.8. The first-order valence-electron chi connectivity index (χ1n) is 9.73. The van der Waals surface area contributed by atoms with Crippen LogP contribution in [0.5, 0.6) is 11.5 Å². The molecule has 0 aromatic heterocycles. The number of guanidine groups is 1. The number of likely N-dealkylation sites (N-methyl/N-ethyl adjacent to an activating group) is 1. The van der Waals surface area contributed by atoms with Gasteiger partial charge in [-0.25, -0.2) is 4.99 Å². The predicted octanol–water partition coefficient (Wildman–Crippen LogP) is 2.01. The molecule has 0 aliphatic carbocycles. The highest BCUT2D eigenvalue weighted by atomic mass is 127. The van der Waals surface area contributed by atoms with Gasteiger partial charge in [-0.3, -0.25) is 4.90 Å². The van der Waals surface area contributed by atoms with Crippen molar-refractivity contribution in [2.45, 2.75) is 26.4 Å². The van der Waals surface area contributed by atoms with Gasteiger partial charge in [-0.05, 0) is 38.6 Å². The minimum Gasteiger partial charge on any atom is -0.493 e. The van der Waals surface area contributed by atoms with E-state index in [1.54, 1.807) is 14.2 Å². The lowest BCUT2D eigenvalue weighted by Crippen LogP contribution is -2.52. The van der Waals surface area contributed by atoms with E-state index in [-0.39, 0.29) is 24.0 Å². The zero-order chi connectivity index (χ0) is 19.6. The SMILES string of the molecule is CCNC(=NCc1ccc(OC)c(OC)c1)NCC(C)N1CCN(C)CC1.I. The molecule has 2 rings (SSSR count). The topological polar surface area (TPSA) is 61.4 Å². The normalized spacial score (nSPS) is 16.8. The number of aliphatic imine (C=N–C) groups is 1. The number of rotatable bonds is 8. The van der Waals surface area contributed by atoms with Gasteiger partial charge in [0.15, 0.2) is 17.5 Å². The van der Waals surface area contributed by atoms with Crippen LogP contribution in [0.1, 0.15) is 19.4 Å². The van der Waals surface area contributed by atoms with Gasteiger partial charge in [-0.2, -0.15) is 0 Å². The van der Waals surface area contributed by atoms with Crippen LogP contribution in [0.15, 0.2) is 23.2 Å². The number of nitrogens with zero attached hydrogens (tertiary/aromatic N) is 3. The maximum atomic E-state index is 5.37. The summed E-state index contributed by atoms with van der Waals surface area (Å²) in [7, 11) is 5.48. The molecule has 1 fully saturated rings. The van der Waals surface area contributed by atoms with Gasteiger partial charge < -0.3 is 25.0 Å². The molecule has 0 radical (unpaired) electrons. The molecule has 1 saturated heterocycles. The average Bonchev–Trinajstić information content (AvgIpc) is 2.70. The zero-order valence-corrected chi connectivity index (χ0v) is 20.2. The van der Waals surface area contributed by atoms with Gasteiger partial charge in [-0.15, -0.1) is 24.0 Å². The Balaban J connectivity index is 0.00000392. The smallest absolute Gasteiger partial charge is 0.191 e. The predicted molar refractivity (Wildman–Crippen MR) is 126 cm³/mol. The fourth-order valence-electron chi connectivity index (χ4n) is 3.13. The Morgan fingerprint density at radius 1 is 1.11 bits per heavy atom. The van der Waals surface area contributed by atoms with Crippen molar-refractivity contribution in [2.75, 3.05) is 60.5 Å². The van der Waals surface area contributed by atoms with Crippen molar-refractivity contribution in [3.63, 3.8) is 0 Å². The lowest BCUT2D eigenvalue weighted by Gasteiger charge is -2.36. The monoisotopic (exact) mass is 505 g/mol. The largest absolute Gasteiger partial charge is 0.493 e. The summed E-state index contributed by atoms with van der Waals surface area (Å²) >= 11 is 0. The maximum absolute atomic E-state index is 5.37. The molecule has 160 valence electrons. The number of hydrogen-bond donors (Lipinski definition) is 2. The fraction of sp³-hybridized carbons (Fsp3) is 0.650. The molecule has 1 unspecified atom stereocenters. The highest BCUT2D eigenvalue weighted by molar-refractivity contribution is 14.0. The summed E-state index contributed by atoms with van der Waals surface area (Å²) in [4.78, 5) is 9.63. The summed E-state index contributed by atoms with van der Waals surface area (Å²) in [6.45, 7) is 11.2. The molecule has 0 spiro atoms. The molecule has 0 saturated carbocycles. The summed E-state index contributed by atoms with van der Waals surface area (Å²) < 4.78 is 10.7. The van der Waals surface area contributed by atoms with Crippen LogP contribution in [0.2, 0.25) is 0 Å². The number of piperazine rings is 1. The van der Waals surface area contributed by atoms with Crippen LogP contribution in [0.4, 0.5) is 0 Å². The van der Waals surface area contributed by atoms with E-state index in [1.165, 1.54) is 0 Å². The van der Waals surface area contributed by atoms with Crippen molar-refractivity contribution >= 4 is 29.9 Å². The summed E-state index contributed by atoms with van der Waals surface area (Å²) in [5.41, 5.74) is 1.08. The van der Waals surface area contributed by atoms with Gasteiger partial charge in [0.2, 0.25) is 0 Å². The van der Waals surface area contributed by atoms with Gasteiger partial charge in [-0.1, -0.05) is 6.07 Å². The summed E-state index contributed by atoms with van der Waals surface area (Å²) in [5, 5.41) is 6.80. The Morgan fingerprint density at radius 2 is 1.79 bits per heavy atom. The third-order valence-electron chi connectivity index (χ3n) is 4.94. The van der Waals surface area contributed by atoms with Gasteiger partial charge in [0.25, 0.3) is 0 Å². The number of ether oxygens (including phenoxy) is 2. The van der Waals surface area contributed by atoms with Crippen LogP contribution in [0.3, 0.4) is 0 Å². The van der Waals surface area contributed by atoms with Gasteiger partial charge in [0, 0.05) is 45.3 Å². The first-order valence-corrected chi connectivity index (χ1v) is 9.73. The molecular weight excluding hydrogens is 469 g/mol. The first kappa shape index (κ1) is 24.8. The number of benzene rings is 1. The van der Waals surface area contributed by atoms with Gasteiger partial charge in [0.05, 0.1) is 20.8 Å². The number of hydrogen-bond acceptors (Lipinski definition) is 5. The molecule has 1 aliphatic rings. The lowest BCUT2D eigenvalue weighted by molar-refractivity contribution is 0.120. The number of halogens is 1. The second kappa shape index (κ2) is 13.1. The van der Waals surface area contributed by atoms with E-state index >= 15 is 0 Å². The molecule has 8 heteroatoms. The van der Waals surface area contributed by atoms with Crippen molar-refractivity contribution in [1.29, 1.82) is 0 Å². The van der Waals surface area contributed by atoms with Crippen molar-refractivity contribution in [1.82, 2.24) is 20.4 Å². The van der Waals surface area contributed by atoms with E-state index in [0.717, 1.165) is 62.3 Å². The summed E-state index contributed by atoms with van der Waals surface area (Å²) in [5.74, 6) is 2.30. The average molecular weight is 505 g/mol. The third kappa shape index (κ3) is 7.63. The van der Waals surface area contributed by atoms with Crippen molar-refractivity contribution in [3.8, 4) is 11.5 Å². The molecule has 7 nitrogen and oxygen atoms in total. The summed E-state index contributed by atoms with van der Waals surface area (Å²) in [6.07, 6.45) is 0. The molecule has 0 bridgehead atoms. The highest BCUT2D eigenvalue weighted by Gasteiger charge is 2.19. The van der Waals surface area contributed by atoms with Crippen LogP contribution >= 0.6 is 24.0 Å². The van der Waals surface area contributed by atoms with Crippen molar-refractivity contribution in [2.24, 2.45) is 4.99 Å². The Hall–Kier alpha value is -1.26. The van der Waals surface area contributed by atoms with Gasteiger partial charge in [0.1, 0.15) is 0 Å². The molecule has 2 N–H and O–H groups in total. The van der Waals surface area contributed by atoms with E-state index < -0.39 is 0 Å². The standard InChI is InChI=1S/C20H35N5O2.HI/c1-6-21-20(22-14-16(2)25-11-9-24(3)10-12-25)23-15-17-7-8-18(26-4)19(13-17)27-5;/h7-8,13,16H,6,9-12,14-15H2,1-5H3,(H2,21,22,23);1H. The van der Waals surface area contributed by atoms with Crippen molar-refractivity contribution in [3.05, 3.63) is 23.8 Å². The van der Waals surface area contributed by atoms with E-state index in [4.69, 9.17) is 14.5 Å². The fourth-order valence-corrected chi connectivity index (χ4v) is 3.13. The van der Waals surface area contributed by atoms with Crippen LogP contribution < -0.4 is 20.1 Å². The molecule has 1 aromatic carbocycles. The van der Waals surface area contributed by atoms with Crippen molar-refractivity contribution < 1.29 is 9.47 Å². The molecule has 1 aliphatic heterocycles. The molecule has 1 atom stereocenters. The van der Waals surface area contributed by atoms with E-state index in [9.17, 15) is 0 Å². The van der Waals surface area contributed by atoms with Crippen LogP contribution in [0.25, 0.3) is 0 Å². The van der Waals surface area contributed by atoms with Crippen LogP contribution in [-0.4, -0.2) is 82.3 Å². The van der Waals surface area contributed by atoms with E-state index in [1.807, 2.05) is 18.2 Å². The maximum Gasteiger partial charge on any atom is 0.191 e. The number of nitrogens with one attached hydrogen (secondary N) is 2. The first-order chi connectivity index (χ1) is 13.1. The summed E-state index contributed by atoms with van der Waals surface area (Å²) in [6, 6.07) is 6.38. The van der Waals surface area contributed by atoms with E-state index in [2.05, 4.69) is 41.3 Å². The molecule has 1 aromatic rings. The molecular formula is C20H36IN5O2. The second-order valence-electron chi connectivity index (χ2n) is 6.95. The molecule has 28 heavy (non-hydrogen) atoms. The minimum absolute atomic E-state index is 0. The lowest BCUT2D eigenvalue weighted by atomic mass is 10.2. The Morgan fingerprint density at radius 3 is 2.39 bits per heavy atom. The highest BCUT2D eigenvalue weighted by Crippen LogP contribution is 2.27. The molecule has 0 amide bonds. The minimum atomic E-state index is 0. The van der Waals surface area contributed by atoms with Crippen LogP contribution in [0, 0.1) is 0 Å². The Bertz CT molecular complexity index is 606. The quantitative estimate of drug-likeness (QED) is 0.321. The van der Waals surface area contributed by atoms with Crippen LogP contribution in [-0.2, 0) is 6.54 Å². The molecule has 1 heterocycles. The van der Waals surface area contributed by atoms with Gasteiger partial charge >= 0.3 is 0 Å². The second-order valence-corrected chi connectivity index (χ2v) is 6.95. The Kier molecular flexibility index (Phi) is 11.6. The van der Waals surface area contributed by atoms with E-state index in [0.29, 0.717) is 12.6 Å². The number of methoxy groups -OCH3 is 2. The third-order valence-corrected chi connectivity index (χ3v) is 4.94. The Labute approximate surface area is 186 Å².